The number of hydrogen-bond donors (Lipinski definition) is 1. The minimum Gasteiger partial charge on any atom is -0.494 e. The lowest BCUT2D eigenvalue weighted by Crippen LogP contribution is -2.20. The van der Waals surface area contributed by atoms with Crippen molar-refractivity contribution in [1.29, 1.82) is 0 Å². The third-order valence-electron chi connectivity index (χ3n) is 4.41. The number of carbonyl (C=O) groups is 1. The Bertz CT molecular complexity index is 753. The molecule has 0 fully saturated rings. The normalized spacial score (nSPS) is 10.6. The second kappa shape index (κ2) is 11.7. The van der Waals surface area contributed by atoms with Crippen molar-refractivity contribution in [2.24, 2.45) is 0 Å². The van der Waals surface area contributed by atoms with Gasteiger partial charge in [-0.25, -0.2) is 0 Å². The highest BCUT2D eigenvalue weighted by Gasteiger charge is 2.09. The summed E-state index contributed by atoms with van der Waals surface area (Å²) in [6.45, 7) is 6.81. The van der Waals surface area contributed by atoms with E-state index in [9.17, 15) is 4.79 Å². The Morgan fingerprint density at radius 1 is 1.00 bits per heavy atom. The first-order valence-electron chi connectivity index (χ1n) is 9.92. The van der Waals surface area contributed by atoms with E-state index in [0.29, 0.717) is 12.3 Å². The molecular formula is C23H30BrNO3. The van der Waals surface area contributed by atoms with Crippen LogP contribution in [0.4, 0.5) is 5.69 Å². The number of anilines is 1. The van der Waals surface area contributed by atoms with Crippen LogP contribution in [-0.4, -0.2) is 19.1 Å². The predicted octanol–water partition coefficient (Wildman–Crippen LogP) is 6.43. The van der Waals surface area contributed by atoms with E-state index < -0.39 is 0 Å². The van der Waals surface area contributed by atoms with Gasteiger partial charge in [0, 0.05) is 16.2 Å². The molecule has 0 aliphatic heterocycles. The Hall–Kier alpha value is -2.01. The van der Waals surface area contributed by atoms with Gasteiger partial charge in [-0.05, 0) is 55.7 Å². The molecule has 2 aromatic carbocycles. The van der Waals surface area contributed by atoms with Crippen molar-refractivity contribution in [3.05, 3.63) is 52.0 Å². The van der Waals surface area contributed by atoms with Crippen LogP contribution < -0.4 is 14.8 Å². The van der Waals surface area contributed by atoms with Crippen LogP contribution in [0, 0.1) is 13.8 Å². The molecule has 0 aromatic heterocycles. The molecule has 152 valence electrons. The number of halogens is 1. The van der Waals surface area contributed by atoms with Gasteiger partial charge in [-0.2, -0.15) is 0 Å². The van der Waals surface area contributed by atoms with E-state index in [0.717, 1.165) is 33.5 Å². The standard InChI is InChI=1S/C23H30BrNO3/c1-4-5-6-7-8-12-27-21-11-9-10-20(15-21)25-22(26)16-28-23-17(2)13-19(24)14-18(23)3/h9-11,13-15H,4-8,12,16H2,1-3H3,(H,25,26). The number of ether oxygens (including phenoxy) is 2. The molecule has 0 saturated carbocycles. The van der Waals surface area contributed by atoms with Crippen molar-refractivity contribution in [2.45, 2.75) is 52.9 Å². The SMILES string of the molecule is CCCCCCCOc1cccc(NC(=O)COc2c(C)cc(Br)cc2C)c1. The maximum Gasteiger partial charge on any atom is 0.262 e. The molecule has 0 aliphatic carbocycles. The molecule has 0 atom stereocenters. The van der Waals surface area contributed by atoms with Gasteiger partial charge in [-0.3, -0.25) is 4.79 Å². The quantitative estimate of drug-likeness (QED) is 0.403. The first kappa shape index (κ1) is 22.3. The Balaban J connectivity index is 1.81. The van der Waals surface area contributed by atoms with Gasteiger partial charge in [0.2, 0.25) is 0 Å². The molecule has 0 spiro atoms. The first-order valence-corrected chi connectivity index (χ1v) is 10.7. The van der Waals surface area contributed by atoms with Crippen molar-refractivity contribution in [3.63, 3.8) is 0 Å². The predicted molar refractivity (Wildman–Crippen MR) is 118 cm³/mol. The lowest BCUT2D eigenvalue weighted by molar-refractivity contribution is -0.118. The molecule has 5 heteroatoms. The summed E-state index contributed by atoms with van der Waals surface area (Å²) in [6, 6.07) is 11.4. The fraction of sp³-hybridized carbons (Fsp3) is 0.435. The summed E-state index contributed by atoms with van der Waals surface area (Å²) in [4.78, 5) is 12.3. The number of unbranched alkanes of at least 4 members (excludes halogenated alkanes) is 4. The van der Waals surface area contributed by atoms with Crippen LogP contribution in [-0.2, 0) is 4.79 Å². The molecule has 4 nitrogen and oxygen atoms in total. The molecule has 0 heterocycles. The molecule has 0 radical (unpaired) electrons. The number of amides is 1. The summed E-state index contributed by atoms with van der Waals surface area (Å²) in [7, 11) is 0. The highest BCUT2D eigenvalue weighted by Crippen LogP contribution is 2.27. The van der Waals surface area contributed by atoms with Crippen LogP contribution in [0.2, 0.25) is 0 Å². The lowest BCUT2D eigenvalue weighted by Gasteiger charge is -2.13. The highest BCUT2D eigenvalue weighted by molar-refractivity contribution is 9.10. The summed E-state index contributed by atoms with van der Waals surface area (Å²) < 4.78 is 12.5. The average molecular weight is 448 g/mol. The van der Waals surface area contributed by atoms with E-state index in [1.165, 1.54) is 25.7 Å². The van der Waals surface area contributed by atoms with Gasteiger partial charge in [0.1, 0.15) is 11.5 Å². The van der Waals surface area contributed by atoms with Crippen molar-refractivity contribution >= 4 is 27.5 Å². The Morgan fingerprint density at radius 3 is 2.43 bits per heavy atom. The van der Waals surface area contributed by atoms with Gasteiger partial charge in [-0.1, -0.05) is 54.6 Å². The van der Waals surface area contributed by atoms with Crippen LogP contribution in [0.1, 0.15) is 50.2 Å². The van der Waals surface area contributed by atoms with E-state index in [-0.39, 0.29) is 12.5 Å². The number of benzene rings is 2. The second-order valence-corrected chi connectivity index (χ2v) is 7.91. The number of carbonyl (C=O) groups excluding carboxylic acids is 1. The van der Waals surface area contributed by atoms with E-state index >= 15 is 0 Å². The minimum atomic E-state index is -0.196. The first-order chi connectivity index (χ1) is 13.5. The van der Waals surface area contributed by atoms with Crippen LogP contribution in [0.3, 0.4) is 0 Å². The van der Waals surface area contributed by atoms with E-state index in [1.54, 1.807) is 0 Å². The van der Waals surface area contributed by atoms with Crippen molar-refractivity contribution in [3.8, 4) is 11.5 Å². The third-order valence-corrected chi connectivity index (χ3v) is 4.86. The zero-order chi connectivity index (χ0) is 20.4. The topological polar surface area (TPSA) is 47.6 Å². The van der Waals surface area contributed by atoms with Gasteiger partial charge in [0.25, 0.3) is 5.91 Å². The molecule has 0 saturated heterocycles. The maximum absolute atomic E-state index is 12.3. The zero-order valence-corrected chi connectivity index (χ0v) is 18.6. The Labute approximate surface area is 176 Å². The molecular weight excluding hydrogens is 418 g/mol. The monoisotopic (exact) mass is 447 g/mol. The summed E-state index contributed by atoms with van der Waals surface area (Å²) in [5, 5.41) is 2.87. The van der Waals surface area contributed by atoms with Crippen LogP contribution in [0.5, 0.6) is 11.5 Å². The molecule has 0 bridgehead atoms. The van der Waals surface area contributed by atoms with Gasteiger partial charge >= 0.3 is 0 Å². The van der Waals surface area contributed by atoms with Crippen molar-refractivity contribution in [2.75, 3.05) is 18.5 Å². The van der Waals surface area contributed by atoms with Crippen LogP contribution >= 0.6 is 15.9 Å². The maximum atomic E-state index is 12.3. The minimum absolute atomic E-state index is 0.0359. The fourth-order valence-corrected chi connectivity index (χ4v) is 3.71. The lowest BCUT2D eigenvalue weighted by atomic mass is 10.1. The van der Waals surface area contributed by atoms with E-state index in [4.69, 9.17) is 9.47 Å². The van der Waals surface area contributed by atoms with Crippen LogP contribution in [0.25, 0.3) is 0 Å². The zero-order valence-electron chi connectivity index (χ0n) is 17.0. The van der Waals surface area contributed by atoms with E-state index in [1.807, 2.05) is 50.2 Å². The third kappa shape index (κ3) is 7.55. The number of rotatable bonds is 11. The number of aryl methyl sites for hydroxylation is 2. The number of nitrogens with one attached hydrogen (secondary N) is 1. The van der Waals surface area contributed by atoms with E-state index in [2.05, 4.69) is 28.2 Å². The van der Waals surface area contributed by atoms with Gasteiger partial charge in [-0.15, -0.1) is 0 Å². The van der Waals surface area contributed by atoms with Crippen LogP contribution in [0.15, 0.2) is 40.9 Å². The Morgan fingerprint density at radius 2 is 1.71 bits per heavy atom. The smallest absolute Gasteiger partial charge is 0.262 e. The van der Waals surface area contributed by atoms with Gasteiger partial charge in [0.05, 0.1) is 6.61 Å². The molecule has 2 aromatic rings. The molecule has 1 amide bonds. The molecule has 1 N–H and O–H groups in total. The largest absolute Gasteiger partial charge is 0.494 e. The van der Waals surface area contributed by atoms with Crippen molar-refractivity contribution in [1.82, 2.24) is 0 Å². The van der Waals surface area contributed by atoms with Gasteiger partial charge in [0.15, 0.2) is 6.61 Å². The second-order valence-electron chi connectivity index (χ2n) is 7.00. The average Bonchev–Trinajstić information content (AvgIpc) is 2.64. The highest BCUT2D eigenvalue weighted by atomic mass is 79.9. The Kier molecular flexibility index (Phi) is 9.35. The number of hydrogen-bond acceptors (Lipinski definition) is 3. The molecule has 0 aliphatic rings. The molecule has 0 unspecified atom stereocenters. The summed E-state index contributed by atoms with van der Waals surface area (Å²) in [5.74, 6) is 1.32. The van der Waals surface area contributed by atoms with Gasteiger partial charge < -0.3 is 14.8 Å². The molecule has 28 heavy (non-hydrogen) atoms. The fourth-order valence-electron chi connectivity index (χ4n) is 3.02. The molecule has 2 rings (SSSR count). The van der Waals surface area contributed by atoms with Crippen molar-refractivity contribution < 1.29 is 14.3 Å². The summed E-state index contributed by atoms with van der Waals surface area (Å²) in [6.07, 6.45) is 6.02. The summed E-state index contributed by atoms with van der Waals surface area (Å²) >= 11 is 3.46. The summed E-state index contributed by atoms with van der Waals surface area (Å²) in [5.41, 5.74) is 2.70.